The van der Waals surface area contributed by atoms with E-state index in [0.717, 1.165) is 37.0 Å². The average Bonchev–Trinajstić information content (AvgIpc) is 2.87. The summed E-state index contributed by atoms with van der Waals surface area (Å²) in [4.78, 5) is 41.0. The van der Waals surface area contributed by atoms with Crippen molar-refractivity contribution in [3.63, 3.8) is 0 Å². The van der Waals surface area contributed by atoms with E-state index in [4.69, 9.17) is 0 Å². The van der Waals surface area contributed by atoms with Crippen molar-refractivity contribution >= 4 is 17.8 Å². The first-order valence-electron chi connectivity index (χ1n) is 10.6. The molecular formula is C21H37N3O3. The van der Waals surface area contributed by atoms with Crippen LogP contribution in [0.2, 0.25) is 0 Å². The Balaban J connectivity index is 2.02. The van der Waals surface area contributed by atoms with E-state index in [9.17, 15) is 14.4 Å². The summed E-state index contributed by atoms with van der Waals surface area (Å²) < 4.78 is 0. The maximum Gasteiger partial charge on any atom is 0.325 e. The molecule has 1 aliphatic carbocycles. The molecule has 0 bridgehead atoms. The molecule has 4 amide bonds. The Morgan fingerprint density at radius 2 is 1.85 bits per heavy atom. The normalized spacial score (nSPS) is 25.8. The Kier molecular flexibility index (Phi) is 6.92. The minimum absolute atomic E-state index is 0.145. The highest BCUT2D eigenvalue weighted by molar-refractivity contribution is 6.09. The summed E-state index contributed by atoms with van der Waals surface area (Å²) in [5, 5.41) is 2.93. The van der Waals surface area contributed by atoms with Crippen molar-refractivity contribution in [2.75, 3.05) is 19.6 Å². The number of carbonyl (C=O) groups excluding carboxylic acids is 3. The molecule has 2 rings (SSSR count). The Bertz CT molecular complexity index is 565. The molecular weight excluding hydrogens is 342 g/mol. The summed E-state index contributed by atoms with van der Waals surface area (Å²) in [5.41, 5.74) is -0.540. The second kappa shape index (κ2) is 8.61. The number of nitrogens with one attached hydrogen (secondary N) is 1. The summed E-state index contributed by atoms with van der Waals surface area (Å²) in [6.45, 7) is 11.9. The number of hydrogen-bond acceptors (Lipinski definition) is 3. The van der Waals surface area contributed by atoms with Gasteiger partial charge in [0, 0.05) is 13.1 Å². The molecule has 1 heterocycles. The predicted octanol–water partition coefficient (Wildman–Crippen LogP) is 3.55. The van der Waals surface area contributed by atoms with E-state index in [1.807, 2.05) is 6.92 Å². The first-order chi connectivity index (χ1) is 12.7. The van der Waals surface area contributed by atoms with Gasteiger partial charge in [-0.15, -0.1) is 0 Å². The molecule has 1 N–H and O–H groups in total. The molecule has 1 saturated carbocycles. The average molecular weight is 380 g/mol. The van der Waals surface area contributed by atoms with Crippen LogP contribution in [0.1, 0.15) is 79.6 Å². The highest BCUT2D eigenvalue weighted by Gasteiger charge is 2.53. The smallest absolute Gasteiger partial charge is 0.325 e. The third kappa shape index (κ3) is 4.46. The molecule has 6 heteroatoms. The predicted molar refractivity (Wildman–Crippen MR) is 106 cm³/mol. The maximum atomic E-state index is 13.1. The number of nitrogens with zero attached hydrogens (tertiary/aromatic N) is 2. The van der Waals surface area contributed by atoms with Crippen molar-refractivity contribution in [3.8, 4) is 0 Å². The molecule has 0 unspecified atom stereocenters. The van der Waals surface area contributed by atoms with E-state index >= 15 is 0 Å². The lowest BCUT2D eigenvalue weighted by Crippen LogP contribution is -2.51. The highest BCUT2D eigenvalue weighted by Crippen LogP contribution is 2.45. The van der Waals surface area contributed by atoms with E-state index in [-0.39, 0.29) is 23.8 Å². The Morgan fingerprint density at radius 3 is 2.37 bits per heavy atom. The molecule has 27 heavy (non-hydrogen) atoms. The Hall–Kier alpha value is -1.59. The van der Waals surface area contributed by atoms with Crippen LogP contribution in [-0.4, -0.2) is 52.8 Å². The van der Waals surface area contributed by atoms with Gasteiger partial charge in [0.1, 0.15) is 12.1 Å². The quantitative estimate of drug-likeness (QED) is 0.656. The van der Waals surface area contributed by atoms with E-state index in [0.29, 0.717) is 31.8 Å². The van der Waals surface area contributed by atoms with Gasteiger partial charge in [-0.2, -0.15) is 0 Å². The van der Waals surface area contributed by atoms with Gasteiger partial charge in [0.05, 0.1) is 0 Å². The van der Waals surface area contributed by atoms with Gasteiger partial charge in [-0.3, -0.25) is 14.5 Å². The van der Waals surface area contributed by atoms with Crippen LogP contribution in [0.5, 0.6) is 0 Å². The molecule has 0 aromatic carbocycles. The highest BCUT2D eigenvalue weighted by atomic mass is 16.2. The molecule has 2 fully saturated rings. The fraction of sp³-hybridized carbons (Fsp3) is 0.857. The lowest BCUT2D eigenvalue weighted by atomic mass is 9.65. The van der Waals surface area contributed by atoms with E-state index < -0.39 is 11.6 Å². The number of urea groups is 1. The molecule has 154 valence electrons. The van der Waals surface area contributed by atoms with Crippen molar-refractivity contribution in [2.24, 2.45) is 11.3 Å². The van der Waals surface area contributed by atoms with Crippen molar-refractivity contribution in [1.82, 2.24) is 15.1 Å². The van der Waals surface area contributed by atoms with E-state index in [2.05, 4.69) is 33.0 Å². The van der Waals surface area contributed by atoms with E-state index in [1.54, 1.807) is 4.90 Å². The first kappa shape index (κ1) is 21.7. The van der Waals surface area contributed by atoms with Gasteiger partial charge >= 0.3 is 6.03 Å². The fourth-order valence-corrected chi connectivity index (χ4v) is 4.38. The third-order valence-corrected chi connectivity index (χ3v) is 6.91. The molecule has 1 aliphatic heterocycles. The Morgan fingerprint density at radius 1 is 1.22 bits per heavy atom. The van der Waals surface area contributed by atoms with Crippen LogP contribution in [0, 0.1) is 11.3 Å². The molecule has 0 aromatic rings. The molecule has 6 nitrogen and oxygen atoms in total. The number of carbonyl (C=O) groups is 3. The summed E-state index contributed by atoms with van der Waals surface area (Å²) in [6, 6.07) is -0.409. The zero-order valence-corrected chi connectivity index (χ0v) is 17.8. The first-order valence-corrected chi connectivity index (χ1v) is 10.6. The second-order valence-corrected chi connectivity index (χ2v) is 8.85. The lowest BCUT2D eigenvalue weighted by molar-refractivity contribution is -0.139. The monoisotopic (exact) mass is 379 g/mol. The van der Waals surface area contributed by atoms with E-state index in [1.165, 1.54) is 0 Å². The van der Waals surface area contributed by atoms with Crippen LogP contribution >= 0.6 is 0 Å². The van der Waals surface area contributed by atoms with Crippen molar-refractivity contribution in [3.05, 3.63) is 0 Å². The zero-order valence-electron chi connectivity index (χ0n) is 17.8. The number of hydrogen-bond donors (Lipinski definition) is 1. The van der Waals surface area contributed by atoms with Gasteiger partial charge in [-0.1, -0.05) is 40.5 Å². The van der Waals surface area contributed by atoms with Crippen LogP contribution in [0.3, 0.4) is 0 Å². The lowest BCUT2D eigenvalue weighted by Gasteiger charge is -2.42. The molecule has 1 saturated heterocycles. The summed E-state index contributed by atoms with van der Waals surface area (Å²) >= 11 is 0. The number of amides is 4. The Labute approximate surface area is 164 Å². The fourth-order valence-electron chi connectivity index (χ4n) is 4.38. The summed E-state index contributed by atoms with van der Waals surface area (Å²) in [6.07, 6.45) is 6.26. The van der Waals surface area contributed by atoms with Crippen LogP contribution in [0.25, 0.3) is 0 Å². The number of imide groups is 1. The minimum atomic E-state index is -0.794. The molecule has 1 spiro atoms. The van der Waals surface area contributed by atoms with Gasteiger partial charge in [-0.25, -0.2) is 4.79 Å². The maximum absolute atomic E-state index is 13.1. The zero-order chi connectivity index (χ0) is 20.2. The van der Waals surface area contributed by atoms with Gasteiger partial charge in [-0.05, 0) is 50.4 Å². The minimum Gasteiger partial charge on any atom is -0.341 e. The third-order valence-electron chi connectivity index (χ3n) is 6.91. The molecule has 0 aromatic heterocycles. The van der Waals surface area contributed by atoms with Gasteiger partial charge in [0.2, 0.25) is 5.91 Å². The second-order valence-electron chi connectivity index (χ2n) is 8.85. The van der Waals surface area contributed by atoms with Crippen molar-refractivity contribution < 1.29 is 14.4 Å². The number of unbranched alkanes of at least 4 members (excludes halogenated alkanes) is 1. The van der Waals surface area contributed by atoms with Crippen LogP contribution < -0.4 is 5.32 Å². The molecule has 0 atom stereocenters. The number of likely N-dealkylation sites (N-methyl/N-ethyl adjacent to an activating group) is 1. The number of rotatable bonds is 8. The van der Waals surface area contributed by atoms with Crippen molar-refractivity contribution in [1.29, 1.82) is 0 Å². The topological polar surface area (TPSA) is 69.7 Å². The largest absolute Gasteiger partial charge is 0.341 e. The van der Waals surface area contributed by atoms with Crippen LogP contribution in [0.4, 0.5) is 4.79 Å². The molecule has 0 radical (unpaired) electrons. The van der Waals surface area contributed by atoms with Crippen molar-refractivity contribution in [2.45, 2.75) is 85.1 Å². The standard InChI is InChI=1S/C21H37N3O3/c1-6-9-14-23(8-3)17(25)15-24-18(26)21(22-19(24)27)12-10-16(11-13-21)20(4,5)7-2/h16H,6-15H2,1-5H3,(H,22,27). The van der Waals surface area contributed by atoms with Gasteiger partial charge in [0.25, 0.3) is 5.91 Å². The van der Waals surface area contributed by atoms with Crippen LogP contribution in [0.15, 0.2) is 0 Å². The van der Waals surface area contributed by atoms with Gasteiger partial charge < -0.3 is 10.2 Å². The SMILES string of the molecule is CCCCN(CC)C(=O)CN1C(=O)NC2(CCC(C(C)(C)CC)CC2)C1=O. The summed E-state index contributed by atoms with van der Waals surface area (Å²) in [7, 11) is 0. The summed E-state index contributed by atoms with van der Waals surface area (Å²) in [5.74, 6) is 0.214. The van der Waals surface area contributed by atoms with Crippen LogP contribution in [-0.2, 0) is 9.59 Å². The van der Waals surface area contributed by atoms with Gasteiger partial charge in [0.15, 0.2) is 0 Å². The molecule has 2 aliphatic rings.